The van der Waals surface area contributed by atoms with Crippen LogP contribution >= 0.6 is 0 Å². The summed E-state index contributed by atoms with van der Waals surface area (Å²) in [6, 6.07) is 0. The Balaban J connectivity index is 4.05. The van der Waals surface area contributed by atoms with E-state index in [1.54, 1.807) is 6.92 Å². The van der Waals surface area contributed by atoms with Gasteiger partial charge in [0.1, 0.15) is 5.78 Å². The number of carbonyl (C=O) groups is 2. The maximum Gasteiger partial charge on any atom is 0.223 e. The molecule has 0 saturated carbocycles. The van der Waals surface area contributed by atoms with Gasteiger partial charge in [0.05, 0.1) is 0 Å². The van der Waals surface area contributed by atoms with Gasteiger partial charge in [-0.05, 0) is 27.7 Å². The number of ketones is 1. The molecule has 13 heavy (non-hydrogen) atoms. The molecule has 0 aliphatic heterocycles. The first-order valence-electron chi connectivity index (χ1n) is 4.54. The van der Waals surface area contributed by atoms with E-state index in [-0.39, 0.29) is 23.1 Å². The van der Waals surface area contributed by atoms with E-state index in [1.165, 1.54) is 6.92 Å². The molecule has 0 fully saturated rings. The molecule has 0 aliphatic rings. The fourth-order valence-corrected chi connectivity index (χ4v) is 1.02. The normalized spacial score (nSPS) is 13.6. The van der Waals surface area contributed by atoms with Gasteiger partial charge in [0, 0.05) is 17.9 Å². The van der Waals surface area contributed by atoms with Gasteiger partial charge in [-0.2, -0.15) is 0 Å². The molecule has 3 heteroatoms. The number of rotatable bonds is 3. The third-order valence-corrected chi connectivity index (χ3v) is 1.54. The second kappa shape index (κ2) is 4.40. The largest absolute Gasteiger partial charge is 0.351 e. The lowest BCUT2D eigenvalue weighted by molar-refractivity contribution is -0.129. The van der Waals surface area contributed by atoms with Crippen molar-refractivity contribution in [3.05, 3.63) is 0 Å². The fourth-order valence-electron chi connectivity index (χ4n) is 1.02. The van der Waals surface area contributed by atoms with Crippen LogP contribution < -0.4 is 5.32 Å². The number of hydrogen-bond acceptors (Lipinski definition) is 2. The van der Waals surface area contributed by atoms with Crippen molar-refractivity contribution in [2.75, 3.05) is 0 Å². The van der Waals surface area contributed by atoms with Gasteiger partial charge >= 0.3 is 0 Å². The number of nitrogens with one attached hydrogen (secondary N) is 1. The first-order chi connectivity index (χ1) is 5.72. The van der Waals surface area contributed by atoms with E-state index in [0.717, 1.165) is 0 Å². The van der Waals surface area contributed by atoms with Crippen molar-refractivity contribution in [2.24, 2.45) is 5.92 Å². The van der Waals surface area contributed by atoms with Crippen LogP contribution in [0.2, 0.25) is 0 Å². The maximum atomic E-state index is 11.4. The first kappa shape index (κ1) is 12.1. The Kier molecular flexibility index (Phi) is 4.11. The second-order valence-electron chi connectivity index (χ2n) is 4.55. The maximum absolute atomic E-state index is 11.4. The monoisotopic (exact) mass is 185 g/mol. The highest BCUT2D eigenvalue weighted by Crippen LogP contribution is 2.06. The lowest BCUT2D eigenvalue weighted by Gasteiger charge is -2.22. The Labute approximate surface area is 79.9 Å². The third kappa shape index (κ3) is 6.31. The summed E-state index contributed by atoms with van der Waals surface area (Å²) in [6.07, 6.45) is 0.321. The molecule has 3 nitrogen and oxygen atoms in total. The molecular formula is C10H19NO2. The zero-order chi connectivity index (χ0) is 10.6. The zero-order valence-electron chi connectivity index (χ0n) is 9.10. The summed E-state index contributed by atoms with van der Waals surface area (Å²) in [5.74, 6) is -0.226. The van der Waals surface area contributed by atoms with E-state index in [9.17, 15) is 9.59 Å². The molecule has 1 N–H and O–H groups in total. The van der Waals surface area contributed by atoms with Crippen molar-refractivity contribution in [3.63, 3.8) is 0 Å². The molecule has 0 rings (SSSR count). The summed E-state index contributed by atoms with van der Waals surface area (Å²) in [6.45, 7) is 9.03. The molecule has 0 heterocycles. The zero-order valence-corrected chi connectivity index (χ0v) is 9.10. The average Bonchev–Trinajstić information content (AvgIpc) is 1.81. The molecule has 76 valence electrons. The Morgan fingerprint density at radius 3 is 2.08 bits per heavy atom. The molecule has 0 aromatic rings. The molecule has 0 aromatic carbocycles. The van der Waals surface area contributed by atoms with Crippen molar-refractivity contribution in [2.45, 2.75) is 46.6 Å². The molecule has 0 aliphatic carbocycles. The third-order valence-electron chi connectivity index (χ3n) is 1.54. The summed E-state index contributed by atoms with van der Waals surface area (Å²) in [7, 11) is 0. The van der Waals surface area contributed by atoms with E-state index in [0.29, 0.717) is 6.42 Å². The Morgan fingerprint density at radius 1 is 1.31 bits per heavy atom. The second-order valence-corrected chi connectivity index (χ2v) is 4.55. The smallest absolute Gasteiger partial charge is 0.223 e. The summed E-state index contributed by atoms with van der Waals surface area (Å²) in [4.78, 5) is 22.2. The summed E-state index contributed by atoms with van der Waals surface area (Å²) < 4.78 is 0. The molecular weight excluding hydrogens is 166 g/mol. The van der Waals surface area contributed by atoms with Gasteiger partial charge in [-0.15, -0.1) is 0 Å². The van der Waals surface area contributed by atoms with E-state index < -0.39 is 0 Å². The Bertz CT molecular complexity index is 203. The van der Waals surface area contributed by atoms with Crippen molar-refractivity contribution < 1.29 is 9.59 Å². The van der Waals surface area contributed by atoms with Crippen molar-refractivity contribution in [1.82, 2.24) is 5.32 Å². The molecule has 0 spiro atoms. The minimum Gasteiger partial charge on any atom is -0.351 e. The van der Waals surface area contributed by atoms with E-state index in [4.69, 9.17) is 0 Å². The average molecular weight is 185 g/mol. The Hall–Kier alpha value is -0.860. The van der Waals surface area contributed by atoms with E-state index >= 15 is 0 Å². The number of carbonyl (C=O) groups excluding carboxylic acids is 2. The van der Waals surface area contributed by atoms with Gasteiger partial charge in [0.25, 0.3) is 0 Å². The van der Waals surface area contributed by atoms with Crippen LogP contribution in [0.5, 0.6) is 0 Å². The molecule has 1 unspecified atom stereocenters. The van der Waals surface area contributed by atoms with E-state index in [1.807, 2.05) is 20.8 Å². The molecule has 0 saturated heterocycles. The molecule has 0 bridgehead atoms. The molecule has 1 amide bonds. The van der Waals surface area contributed by atoms with Gasteiger partial charge in [-0.25, -0.2) is 0 Å². The van der Waals surface area contributed by atoms with Crippen LogP contribution in [-0.4, -0.2) is 17.2 Å². The molecule has 0 radical (unpaired) electrons. The van der Waals surface area contributed by atoms with Crippen LogP contribution in [0.1, 0.15) is 41.0 Å². The van der Waals surface area contributed by atoms with Crippen LogP contribution in [0, 0.1) is 5.92 Å². The minimum absolute atomic E-state index is 0.0524. The number of amides is 1. The van der Waals surface area contributed by atoms with Crippen LogP contribution in [0.15, 0.2) is 0 Å². The lowest BCUT2D eigenvalue weighted by atomic mass is 10.0. The van der Waals surface area contributed by atoms with Crippen LogP contribution in [0.3, 0.4) is 0 Å². The van der Waals surface area contributed by atoms with Crippen molar-refractivity contribution in [3.8, 4) is 0 Å². The topological polar surface area (TPSA) is 46.2 Å². The summed E-state index contributed by atoms with van der Waals surface area (Å²) in [5, 5.41) is 2.83. The first-order valence-corrected chi connectivity index (χ1v) is 4.54. The standard InChI is InChI=1S/C10H19NO2/c1-7(6-8(2)12)9(13)11-10(3,4)5/h7H,6H2,1-5H3,(H,11,13). The van der Waals surface area contributed by atoms with Gasteiger partial charge < -0.3 is 10.1 Å². The highest BCUT2D eigenvalue weighted by Gasteiger charge is 2.19. The van der Waals surface area contributed by atoms with Gasteiger partial charge in [0.2, 0.25) is 5.91 Å². The van der Waals surface area contributed by atoms with E-state index in [2.05, 4.69) is 5.32 Å². The summed E-state index contributed by atoms with van der Waals surface area (Å²) in [5.41, 5.74) is -0.220. The van der Waals surface area contributed by atoms with Crippen LogP contribution in [-0.2, 0) is 9.59 Å². The SMILES string of the molecule is CC(=O)CC(C)C(=O)NC(C)(C)C. The number of Topliss-reactive ketones (excluding diaryl/α,β-unsaturated/α-hetero) is 1. The highest BCUT2D eigenvalue weighted by atomic mass is 16.2. The predicted octanol–water partition coefficient (Wildman–Crippen LogP) is 1.52. The summed E-state index contributed by atoms with van der Waals surface area (Å²) >= 11 is 0. The molecule has 0 aromatic heterocycles. The lowest BCUT2D eigenvalue weighted by Crippen LogP contribution is -2.43. The highest BCUT2D eigenvalue weighted by molar-refractivity contribution is 5.85. The van der Waals surface area contributed by atoms with Crippen molar-refractivity contribution in [1.29, 1.82) is 0 Å². The quantitative estimate of drug-likeness (QED) is 0.724. The minimum atomic E-state index is -0.225. The van der Waals surface area contributed by atoms with Crippen molar-refractivity contribution >= 4 is 11.7 Å². The van der Waals surface area contributed by atoms with Gasteiger partial charge in [-0.3, -0.25) is 4.79 Å². The van der Waals surface area contributed by atoms with Gasteiger partial charge in [0.15, 0.2) is 0 Å². The van der Waals surface area contributed by atoms with Gasteiger partial charge in [-0.1, -0.05) is 6.92 Å². The fraction of sp³-hybridized carbons (Fsp3) is 0.800. The van der Waals surface area contributed by atoms with Crippen LogP contribution in [0.25, 0.3) is 0 Å². The Morgan fingerprint density at radius 2 is 1.77 bits per heavy atom. The number of hydrogen-bond donors (Lipinski definition) is 1. The van der Waals surface area contributed by atoms with Crippen LogP contribution in [0.4, 0.5) is 0 Å². The molecule has 1 atom stereocenters. The predicted molar refractivity (Wildman–Crippen MR) is 52.4 cm³/mol.